The molecule has 0 amide bonds. The summed E-state index contributed by atoms with van der Waals surface area (Å²) in [6.45, 7) is 7.53. The van der Waals surface area contributed by atoms with Gasteiger partial charge >= 0.3 is 0 Å². The Balaban J connectivity index is 1.98. The normalized spacial score (nSPS) is 11.6. The highest BCUT2D eigenvalue weighted by Crippen LogP contribution is 2.22. The van der Waals surface area contributed by atoms with Crippen LogP contribution in [0.4, 0.5) is 5.69 Å². The molecule has 0 aliphatic carbocycles. The standard InChI is InChI=1S/C15H21N3/c1-15(2,3)13-7-5-12(6-8-13)9-16-14-10-17-18(4)11-14/h5-8,10-11,16H,9H2,1-4H3. The summed E-state index contributed by atoms with van der Waals surface area (Å²) in [5.41, 5.74) is 3.92. The monoisotopic (exact) mass is 243 g/mol. The van der Waals surface area contributed by atoms with Crippen molar-refractivity contribution in [2.75, 3.05) is 5.32 Å². The Morgan fingerprint density at radius 2 is 1.83 bits per heavy atom. The molecule has 2 rings (SSSR count). The second-order valence-corrected chi connectivity index (χ2v) is 5.70. The van der Waals surface area contributed by atoms with E-state index in [1.165, 1.54) is 11.1 Å². The number of aryl methyl sites for hydroxylation is 1. The lowest BCUT2D eigenvalue weighted by atomic mass is 9.87. The summed E-state index contributed by atoms with van der Waals surface area (Å²) in [5.74, 6) is 0. The van der Waals surface area contributed by atoms with Crippen molar-refractivity contribution in [1.82, 2.24) is 9.78 Å². The first-order valence-corrected chi connectivity index (χ1v) is 6.27. The predicted molar refractivity (Wildman–Crippen MR) is 75.7 cm³/mol. The maximum atomic E-state index is 4.13. The molecule has 3 heteroatoms. The van der Waals surface area contributed by atoms with Crippen LogP contribution in [0.5, 0.6) is 0 Å². The van der Waals surface area contributed by atoms with Crippen LogP contribution in [0.3, 0.4) is 0 Å². The van der Waals surface area contributed by atoms with Crippen LogP contribution in [0.15, 0.2) is 36.7 Å². The van der Waals surface area contributed by atoms with Crippen molar-refractivity contribution in [2.24, 2.45) is 7.05 Å². The van der Waals surface area contributed by atoms with Gasteiger partial charge in [0.2, 0.25) is 0 Å². The van der Waals surface area contributed by atoms with E-state index in [4.69, 9.17) is 0 Å². The molecule has 0 spiro atoms. The number of anilines is 1. The van der Waals surface area contributed by atoms with E-state index in [1.54, 1.807) is 4.68 Å². The Labute approximate surface area is 109 Å². The summed E-state index contributed by atoms with van der Waals surface area (Å²) in [7, 11) is 1.92. The van der Waals surface area contributed by atoms with Crippen molar-refractivity contribution in [3.63, 3.8) is 0 Å². The molecule has 0 radical (unpaired) electrons. The first-order chi connectivity index (χ1) is 8.45. The van der Waals surface area contributed by atoms with Crippen LogP contribution in [0.1, 0.15) is 31.9 Å². The molecule has 0 aliphatic rings. The summed E-state index contributed by atoms with van der Waals surface area (Å²) < 4.78 is 1.80. The number of nitrogens with zero attached hydrogens (tertiary/aromatic N) is 2. The molecule has 1 heterocycles. The lowest BCUT2D eigenvalue weighted by Crippen LogP contribution is -2.11. The molecule has 18 heavy (non-hydrogen) atoms. The minimum atomic E-state index is 0.218. The maximum Gasteiger partial charge on any atom is 0.0729 e. The van der Waals surface area contributed by atoms with Gasteiger partial charge in [0.15, 0.2) is 0 Å². The number of hydrogen-bond acceptors (Lipinski definition) is 2. The summed E-state index contributed by atoms with van der Waals surface area (Å²) in [6, 6.07) is 8.79. The molecule has 0 unspecified atom stereocenters. The fraction of sp³-hybridized carbons (Fsp3) is 0.400. The largest absolute Gasteiger partial charge is 0.378 e. The minimum absolute atomic E-state index is 0.218. The van der Waals surface area contributed by atoms with Gasteiger partial charge in [-0.05, 0) is 16.5 Å². The quantitative estimate of drug-likeness (QED) is 0.896. The third-order valence-corrected chi connectivity index (χ3v) is 3.02. The second kappa shape index (κ2) is 4.84. The molecule has 1 N–H and O–H groups in total. The topological polar surface area (TPSA) is 29.9 Å². The van der Waals surface area contributed by atoms with Gasteiger partial charge in [-0.15, -0.1) is 0 Å². The van der Waals surface area contributed by atoms with Gasteiger partial charge in [0, 0.05) is 19.8 Å². The molecule has 0 atom stereocenters. The van der Waals surface area contributed by atoms with Gasteiger partial charge in [-0.2, -0.15) is 5.10 Å². The summed E-state index contributed by atoms with van der Waals surface area (Å²) in [4.78, 5) is 0. The van der Waals surface area contributed by atoms with Gasteiger partial charge in [-0.3, -0.25) is 4.68 Å². The van der Waals surface area contributed by atoms with Crippen LogP contribution in [-0.2, 0) is 19.0 Å². The molecular weight excluding hydrogens is 222 g/mol. The molecular formula is C15H21N3. The first-order valence-electron chi connectivity index (χ1n) is 6.27. The fourth-order valence-corrected chi connectivity index (χ4v) is 1.84. The van der Waals surface area contributed by atoms with Gasteiger partial charge in [0.1, 0.15) is 0 Å². The van der Waals surface area contributed by atoms with E-state index in [0.717, 1.165) is 12.2 Å². The summed E-state index contributed by atoms with van der Waals surface area (Å²) in [5, 5.41) is 7.49. The van der Waals surface area contributed by atoms with E-state index in [1.807, 2.05) is 19.4 Å². The van der Waals surface area contributed by atoms with Crippen LogP contribution in [0.25, 0.3) is 0 Å². The van der Waals surface area contributed by atoms with Crippen molar-refractivity contribution in [3.05, 3.63) is 47.8 Å². The number of benzene rings is 1. The highest BCUT2D eigenvalue weighted by Gasteiger charge is 2.12. The summed E-state index contributed by atoms with van der Waals surface area (Å²) in [6.07, 6.45) is 3.81. The van der Waals surface area contributed by atoms with E-state index >= 15 is 0 Å². The van der Waals surface area contributed by atoms with Crippen molar-refractivity contribution < 1.29 is 0 Å². The van der Waals surface area contributed by atoms with E-state index < -0.39 is 0 Å². The Kier molecular flexibility index (Phi) is 3.41. The van der Waals surface area contributed by atoms with E-state index in [2.05, 4.69) is 55.5 Å². The number of hydrogen-bond donors (Lipinski definition) is 1. The second-order valence-electron chi connectivity index (χ2n) is 5.70. The highest BCUT2D eigenvalue weighted by molar-refractivity contribution is 5.39. The summed E-state index contributed by atoms with van der Waals surface area (Å²) >= 11 is 0. The fourth-order valence-electron chi connectivity index (χ4n) is 1.84. The van der Waals surface area contributed by atoms with Gasteiger partial charge in [-0.25, -0.2) is 0 Å². The minimum Gasteiger partial charge on any atom is -0.378 e. The average Bonchev–Trinajstić information content (AvgIpc) is 2.72. The zero-order valence-corrected chi connectivity index (χ0v) is 11.6. The van der Waals surface area contributed by atoms with E-state index in [-0.39, 0.29) is 5.41 Å². The molecule has 0 fully saturated rings. The zero-order chi connectivity index (χ0) is 13.2. The Morgan fingerprint density at radius 1 is 1.17 bits per heavy atom. The number of rotatable bonds is 3. The van der Waals surface area contributed by atoms with Crippen molar-refractivity contribution >= 4 is 5.69 Å². The maximum absolute atomic E-state index is 4.13. The molecule has 1 aromatic heterocycles. The molecule has 0 saturated carbocycles. The molecule has 96 valence electrons. The molecule has 0 aliphatic heterocycles. The van der Waals surface area contributed by atoms with Crippen LogP contribution in [-0.4, -0.2) is 9.78 Å². The zero-order valence-electron chi connectivity index (χ0n) is 11.6. The average molecular weight is 243 g/mol. The van der Waals surface area contributed by atoms with Crippen LogP contribution < -0.4 is 5.32 Å². The first kappa shape index (κ1) is 12.7. The molecule has 0 bridgehead atoms. The van der Waals surface area contributed by atoms with Gasteiger partial charge in [0.25, 0.3) is 0 Å². The lowest BCUT2D eigenvalue weighted by Gasteiger charge is -2.19. The highest BCUT2D eigenvalue weighted by atomic mass is 15.3. The Morgan fingerprint density at radius 3 is 2.33 bits per heavy atom. The van der Waals surface area contributed by atoms with Gasteiger partial charge in [0.05, 0.1) is 11.9 Å². The molecule has 2 aromatic rings. The molecule has 3 nitrogen and oxygen atoms in total. The third-order valence-electron chi connectivity index (χ3n) is 3.02. The van der Waals surface area contributed by atoms with E-state index in [9.17, 15) is 0 Å². The number of aromatic nitrogens is 2. The number of nitrogens with one attached hydrogen (secondary N) is 1. The lowest BCUT2D eigenvalue weighted by molar-refractivity contribution is 0.590. The molecule has 0 saturated heterocycles. The Bertz CT molecular complexity index is 503. The van der Waals surface area contributed by atoms with Crippen LogP contribution in [0, 0.1) is 0 Å². The van der Waals surface area contributed by atoms with Crippen LogP contribution >= 0.6 is 0 Å². The predicted octanol–water partition coefficient (Wildman–Crippen LogP) is 3.33. The van der Waals surface area contributed by atoms with Crippen LogP contribution in [0.2, 0.25) is 0 Å². The van der Waals surface area contributed by atoms with Crippen molar-refractivity contribution in [3.8, 4) is 0 Å². The third kappa shape index (κ3) is 3.13. The van der Waals surface area contributed by atoms with Crippen molar-refractivity contribution in [2.45, 2.75) is 32.7 Å². The van der Waals surface area contributed by atoms with Crippen molar-refractivity contribution in [1.29, 1.82) is 0 Å². The van der Waals surface area contributed by atoms with E-state index in [0.29, 0.717) is 0 Å². The van der Waals surface area contributed by atoms with Gasteiger partial charge < -0.3 is 5.32 Å². The van der Waals surface area contributed by atoms with Gasteiger partial charge in [-0.1, -0.05) is 45.0 Å². The SMILES string of the molecule is Cn1cc(NCc2ccc(C(C)(C)C)cc2)cn1. The smallest absolute Gasteiger partial charge is 0.0729 e. The Hall–Kier alpha value is -1.77. The molecule has 1 aromatic carbocycles.